The highest BCUT2D eigenvalue weighted by Crippen LogP contribution is 2.19. The Hall–Kier alpha value is -1.59. The van der Waals surface area contributed by atoms with Crippen LogP contribution in [-0.4, -0.2) is 33.4 Å². The molecule has 1 unspecified atom stereocenters. The molecule has 1 aromatic carbocycles. The van der Waals surface area contributed by atoms with Crippen LogP contribution in [0, 0.1) is 0 Å². The maximum Gasteiger partial charge on any atom is 0.336 e. The maximum atomic E-state index is 10.9. The minimum Gasteiger partial charge on any atom is -0.508 e. The van der Waals surface area contributed by atoms with Gasteiger partial charge in [-0.3, -0.25) is 0 Å². The number of aliphatic carboxylic acids is 1. The van der Waals surface area contributed by atoms with Crippen LogP contribution in [0.15, 0.2) is 24.3 Å². The Morgan fingerprint density at radius 1 is 1.31 bits per heavy atom. The summed E-state index contributed by atoms with van der Waals surface area (Å²) in [5.41, 5.74) is 4.06. The fourth-order valence-electron chi connectivity index (χ4n) is 1.46. The van der Waals surface area contributed by atoms with Crippen molar-refractivity contribution in [3.05, 3.63) is 29.8 Å². The van der Waals surface area contributed by atoms with Gasteiger partial charge in [0.05, 0.1) is 0 Å². The molecule has 0 bridgehead atoms. The highest BCUT2D eigenvalue weighted by molar-refractivity contribution is 5.77. The largest absolute Gasteiger partial charge is 0.508 e. The topological polar surface area (TPSA) is 104 Å². The molecule has 0 heterocycles. The summed E-state index contributed by atoms with van der Waals surface area (Å²) in [7, 11) is 0. The number of phenolic OH excluding ortho intramolecular Hbond substituents is 1. The van der Waals surface area contributed by atoms with Crippen LogP contribution in [0.2, 0.25) is 0 Å². The van der Waals surface area contributed by atoms with Crippen LogP contribution in [0.5, 0.6) is 5.75 Å². The lowest BCUT2D eigenvalue weighted by molar-refractivity contribution is -0.158. The molecule has 0 aliphatic rings. The number of hydrogen-bond donors (Lipinski definition) is 4. The van der Waals surface area contributed by atoms with Crippen LogP contribution in [0.3, 0.4) is 0 Å². The van der Waals surface area contributed by atoms with Gasteiger partial charge in [0.25, 0.3) is 0 Å². The summed E-state index contributed by atoms with van der Waals surface area (Å²) in [5, 5.41) is 27.9. The molecule has 5 N–H and O–H groups in total. The molecule has 1 rings (SSSR count). The van der Waals surface area contributed by atoms with Crippen LogP contribution in [-0.2, 0) is 11.2 Å². The van der Waals surface area contributed by atoms with Gasteiger partial charge in [-0.25, -0.2) is 4.79 Å². The van der Waals surface area contributed by atoms with Gasteiger partial charge in [0.1, 0.15) is 5.75 Å². The van der Waals surface area contributed by atoms with E-state index in [2.05, 4.69) is 0 Å². The molecule has 0 amide bonds. The molecule has 0 saturated heterocycles. The first kappa shape index (κ1) is 12.5. The van der Waals surface area contributed by atoms with Crippen molar-refractivity contribution < 1.29 is 20.1 Å². The van der Waals surface area contributed by atoms with Gasteiger partial charge in [-0.15, -0.1) is 0 Å². The second-order valence-electron chi connectivity index (χ2n) is 3.72. The number of aliphatic hydroxyl groups is 1. The molecule has 0 aliphatic carbocycles. The molecule has 5 heteroatoms. The summed E-state index contributed by atoms with van der Waals surface area (Å²) in [6.07, 6.45) is -0.0387. The normalized spacial score (nSPS) is 14.4. The zero-order valence-electron chi connectivity index (χ0n) is 8.76. The summed E-state index contributed by atoms with van der Waals surface area (Å²) in [6.45, 7) is 0.0981. The average Bonchev–Trinajstić information content (AvgIpc) is 2.22. The minimum absolute atomic E-state index is 0.0107. The van der Waals surface area contributed by atoms with E-state index in [1.54, 1.807) is 12.1 Å². The van der Waals surface area contributed by atoms with Crippen LogP contribution >= 0.6 is 0 Å². The second-order valence-corrected chi connectivity index (χ2v) is 3.72. The third-order valence-corrected chi connectivity index (χ3v) is 2.39. The molecule has 0 aliphatic heterocycles. The number of carbonyl (C=O) groups is 1. The minimum atomic E-state index is -1.84. The standard InChI is InChI=1S/C11H15NO4/c12-6-5-11(16,10(14)15)7-8-1-3-9(13)4-2-8/h1-4,13,16H,5-7,12H2,(H,14,15). The molecule has 0 aromatic heterocycles. The van der Waals surface area contributed by atoms with Gasteiger partial charge in [-0.05, 0) is 30.7 Å². The summed E-state index contributed by atoms with van der Waals surface area (Å²) in [4.78, 5) is 10.9. The van der Waals surface area contributed by atoms with Gasteiger partial charge in [-0.1, -0.05) is 12.1 Å². The van der Waals surface area contributed by atoms with Crippen LogP contribution in [0.4, 0.5) is 0 Å². The van der Waals surface area contributed by atoms with Crippen molar-refractivity contribution in [3.63, 3.8) is 0 Å². The number of carboxylic acids is 1. The van der Waals surface area contributed by atoms with Gasteiger partial charge in [0.2, 0.25) is 0 Å². The third kappa shape index (κ3) is 2.95. The predicted octanol–water partition coefficient (Wildman–Crippen LogP) is 0.0992. The molecule has 1 aromatic rings. The summed E-state index contributed by atoms with van der Waals surface area (Å²) in [6, 6.07) is 6.03. The lowest BCUT2D eigenvalue weighted by atomic mass is 9.91. The first-order valence-electron chi connectivity index (χ1n) is 4.92. The zero-order valence-corrected chi connectivity index (χ0v) is 8.76. The van der Waals surface area contributed by atoms with E-state index in [9.17, 15) is 9.90 Å². The predicted molar refractivity (Wildman–Crippen MR) is 58.1 cm³/mol. The summed E-state index contributed by atoms with van der Waals surface area (Å²) in [5.74, 6) is -1.19. The number of phenols is 1. The molecule has 0 saturated carbocycles. The van der Waals surface area contributed by atoms with Gasteiger partial charge in [-0.2, -0.15) is 0 Å². The number of nitrogens with two attached hydrogens (primary N) is 1. The van der Waals surface area contributed by atoms with Crippen molar-refractivity contribution in [1.29, 1.82) is 0 Å². The van der Waals surface area contributed by atoms with E-state index in [-0.39, 0.29) is 25.1 Å². The van der Waals surface area contributed by atoms with Crippen LogP contribution in [0.1, 0.15) is 12.0 Å². The molecule has 16 heavy (non-hydrogen) atoms. The van der Waals surface area contributed by atoms with Gasteiger partial charge < -0.3 is 21.1 Å². The van der Waals surface area contributed by atoms with E-state index >= 15 is 0 Å². The molecule has 88 valence electrons. The lowest BCUT2D eigenvalue weighted by Gasteiger charge is -2.22. The second kappa shape index (κ2) is 4.96. The van der Waals surface area contributed by atoms with Crippen LogP contribution < -0.4 is 5.73 Å². The quantitative estimate of drug-likeness (QED) is 0.569. The first-order chi connectivity index (χ1) is 7.48. The van der Waals surface area contributed by atoms with Gasteiger partial charge >= 0.3 is 5.97 Å². The Kier molecular flexibility index (Phi) is 3.87. The monoisotopic (exact) mass is 225 g/mol. The smallest absolute Gasteiger partial charge is 0.336 e. The first-order valence-corrected chi connectivity index (χ1v) is 4.92. The van der Waals surface area contributed by atoms with Gasteiger partial charge in [0, 0.05) is 6.42 Å². The van der Waals surface area contributed by atoms with E-state index in [0.717, 1.165) is 0 Å². The molecule has 0 radical (unpaired) electrons. The fourth-order valence-corrected chi connectivity index (χ4v) is 1.46. The van der Waals surface area contributed by atoms with Crippen molar-refractivity contribution in [2.24, 2.45) is 5.73 Å². The molecule has 1 atom stereocenters. The molecular formula is C11H15NO4. The Morgan fingerprint density at radius 2 is 1.88 bits per heavy atom. The number of rotatable bonds is 5. The SMILES string of the molecule is NCCC(O)(Cc1ccc(O)cc1)C(=O)O. The number of carboxylic acid groups (broad SMARTS) is 1. The number of hydrogen-bond acceptors (Lipinski definition) is 4. The Morgan fingerprint density at radius 3 is 2.31 bits per heavy atom. The highest BCUT2D eigenvalue weighted by Gasteiger charge is 2.35. The number of aromatic hydroxyl groups is 1. The molecule has 0 fully saturated rings. The Labute approximate surface area is 93.1 Å². The average molecular weight is 225 g/mol. The molecule has 0 spiro atoms. The fraction of sp³-hybridized carbons (Fsp3) is 0.364. The molecular weight excluding hydrogens is 210 g/mol. The van der Waals surface area contributed by atoms with Crippen molar-refractivity contribution in [3.8, 4) is 5.75 Å². The zero-order chi connectivity index (χ0) is 12.2. The van der Waals surface area contributed by atoms with E-state index in [1.165, 1.54) is 12.1 Å². The van der Waals surface area contributed by atoms with E-state index in [0.29, 0.717) is 5.56 Å². The number of benzene rings is 1. The van der Waals surface area contributed by atoms with Crippen molar-refractivity contribution >= 4 is 5.97 Å². The van der Waals surface area contributed by atoms with Gasteiger partial charge in [0.15, 0.2) is 5.60 Å². The molecule has 5 nitrogen and oxygen atoms in total. The van der Waals surface area contributed by atoms with Crippen molar-refractivity contribution in [1.82, 2.24) is 0 Å². The van der Waals surface area contributed by atoms with Crippen LogP contribution in [0.25, 0.3) is 0 Å². The van der Waals surface area contributed by atoms with E-state index in [1.807, 2.05) is 0 Å². The van der Waals surface area contributed by atoms with Crippen molar-refractivity contribution in [2.45, 2.75) is 18.4 Å². The van der Waals surface area contributed by atoms with E-state index in [4.69, 9.17) is 15.9 Å². The van der Waals surface area contributed by atoms with Crippen molar-refractivity contribution in [2.75, 3.05) is 6.54 Å². The highest BCUT2D eigenvalue weighted by atomic mass is 16.4. The lowest BCUT2D eigenvalue weighted by Crippen LogP contribution is -2.42. The third-order valence-electron chi connectivity index (χ3n) is 2.39. The maximum absolute atomic E-state index is 10.9. The van der Waals surface area contributed by atoms with E-state index < -0.39 is 11.6 Å². The Balaban J connectivity index is 2.83. The summed E-state index contributed by atoms with van der Waals surface area (Å²) >= 11 is 0. The summed E-state index contributed by atoms with van der Waals surface area (Å²) < 4.78 is 0. The Bertz CT molecular complexity index is 363.